The molecule has 2 bridgehead atoms. The lowest BCUT2D eigenvalue weighted by molar-refractivity contribution is -0.336. The Morgan fingerprint density at radius 1 is 1.11 bits per heavy atom. The summed E-state index contributed by atoms with van der Waals surface area (Å²) < 4.78 is 75.5. The topological polar surface area (TPSA) is 272 Å². The number of aryl methyl sites for hydroxylation is 1. The number of amides is 1. The summed E-state index contributed by atoms with van der Waals surface area (Å²) >= 11 is 3.54. The van der Waals surface area contributed by atoms with Crippen LogP contribution >= 0.6 is 15.9 Å². The van der Waals surface area contributed by atoms with Gasteiger partial charge in [-0.3, -0.25) is 9.69 Å². The summed E-state index contributed by atoms with van der Waals surface area (Å²) in [5.41, 5.74) is 5.99. The quantitative estimate of drug-likeness (QED) is 0.0299. The van der Waals surface area contributed by atoms with Gasteiger partial charge < -0.3 is 53.2 Å². The first kappa shape index (κ1) is 48.2. The van der Waals surface area contributed by atoms with Crippen molar-refractivity contribution < 1.29 is 76.0 Å². The highest BCUT2D eigenvalue weighted by Crippen LogP contribution is 2.69. The molecule has 3 aromatic rings. The van der Waals surface area contributed by atoms with Crippen molar-refractivity contribution >= 4 is 60.3 Å². The number of benzene rings is 3. The first-order valence-electron chi connectivity index (χ1n) is 20.7. The van der Waals surface area contributed by atoms with Crippen molar-refractivity contribution in [1.82, 2.24) is 4.90 Å². The molecule has 20 nitrogen and oxygen atoms in total. The maximum absolute atomic E-state index is 13.9. The second-order valence-corrected chi connectivity index (χ2v) is 20.2. The van der Waals surface area contributed by atoms with Gasteiger partial charge in [0.15, 0.2) is 22.7 Å². The Morgan fingerprint density at radius 2 is 1.82 bits per heavy atom. The monoisotopic (exact) mass is 990 g/mol. The molecule has 3 aliphatic heterocycles. The molecule has 0 spiro atoms. The molecule has 4 aliphatic rings. The van der Waals surface area contributed by atoms with Crippen LogP contribution in [0.25, 0.3) is 21.2 Å². The average Bonchev–Trinajstić information content (AvgIpc) is 3.76. The van der Waals surface area contributed by atoms with Crippen LogP contribution in [0, 0.1) is 12.8 Å². The molecule has 3 heterocycles. The lowest BCUT2D eigenvalue weighted by atomic mass is 9.68. The summed E-state index contributed by atoms with van der Waals surface area (Å²) in [4.78, 5) is 45.1. The number of halogens is 1. The van der Waals surface area contributed by atoms with E-state index in [1.807, 2.05) is 0 Å². The smallest absolute Gasteiger partial charge is 0.496 e. The van der Waals surface area contributed by atoms with Crippen LogP contribution in [0.4, 0.5) is 15.3 Å². The molecule has 65 heavy (non-hydrogen) atoms. The van der Waals surface area contributed by atoms with Gasteiger partial charge in [-0.15, -0.1) is 0 Å². The van der Waals surface area contributed by atoms with E-state index in [9.17, 15) is 38.1 Å². The van der Waals surface area contributed by atoms with Crippen LogP contribution in [0.15, 0.2) is 35.4 Å². The minimum absolute atomic E-state index is 0.00530. The van der Waals surface area contributed by atoms with E-state index in [-0.39, 0.29) is 46.6 Å². The second-order valence-electron chi connectivity index (χ2n) is 17.4. The third-order valence-corrected chi connectivity index (χ3v) is 13.9. The molecule has 22 heteroatoms. The SMILES string of the molecule is COc1c2c(c(OC(=O)OC(C)(C)C)c3c4c(c(C)cc13)C1OC3(C(CO)CO)OC1[C@@](CO)(O4)[C@]3(CBr)OCN(CCS(C)(=O)=O)C(=O)OCc1ccc(N=[N+]=[N-])cc1)C(=O)CCC2. The van der Waals surface area contributed by atoms with E-state index in [1.165, 1.54) is 19.2 Å². The Morgan fingerprint density at radius 3 is 2.42 bits per heavy atom. The number of Topliss-reactive ketones (excluding diaryl/α,β-unsaturated/α-hetero) is 1. The summed E-state index contributed by atoms with van der Waals surface area (Å²) in [6, 6.07) is 7.95. The number of hydrogen-bond acceptors (Lipinski definition) is 17. The lowest BCUT2D eigenvalue weighted by Gasteiger charge is -2.57. The Kier molecular flexibility index (Phi) is 13.4. The van der Waals surface area contributed by atoms with E-state index in [0.29, 0.717) is 51.9 Å². The number of ketones is 1. The summed E-state index contributed by atoms with van der Waals surface area (Å²) in [6.07, 6.45) is -2.42. The summed E-state index contributed by atoms with van der Waals surface area (Å²) in [6.45, 7) is 2.96. The number of nitrogens with zero attached hydrogens (tertiary/aromatic N) is 4. The van der Waals surface area contributed by atoms with Crippen LogP contribution in [0.3, 0.4) is 0 Å². The zero-order chi connectivity index (χ0) is 47.3. The van der Waals surface area contributed by atoms with Crippen LogP contribution in [0.5, 0.6) is 17.2 Å². The van der Waals surface area contributed by atoms with Gasteiger partial charge in [0.25, 0.3) is 0 Å². The second kappa shape index (κ2) is 18.1. The minimum atomic E-state index is -3.67. The van der Waals surface area contributed by atoms with E-state index >= 15 is 0 Å². The zero-order valence-corrected chi connectivity index (χ0v) is 39.0. The van der Waals surface area contributed by atoms with Crippen LogP contribution in [-0.2, 0) is 46.5 Å². The van der Waals surface area contributed by atoms with Gasteiger partial charge >= 0.3 is 12.2 Å². The largest absolute Gasteiger partial charge is 0.514 e. The molecule has 2 saturated heterocycles. The fraction of sp³-hybridized carbons (Fsp3) is 0.558. The third kappa shape index (κ3) is 8.26. The molecule has 1 aliphatic carbocycles. The van der Waals surface area contributed by atoms with Gasteiger partial charge in [0, 0.05) is 51.7 Å². The Hall–Kier alpha value is -4.77. The van der Waals surface area contributed by atoms with Gasteiger partial charge in [-0.1, -0.05) is 45.3 Å². The van der Waals surface area contributed by atoms with Crippen LogP contribution in [0.1, 0.15) is 72.3 Å². The third-order valence-electron chi connectivity index (χ3n) is 12.2. The number of aliphatic hydroxyl groups is 3. The lowest BCUT2D eigenvalue weighted by Crippen LogP contribution is -2.77. The number of aliphatic hydroxyl groups excluding tert-OH is 3. The molecule has 5 atom stereocenters. The number of fused-ring (bicyclic) bond motifs is 6. The maximum atomic E-state index is 13.9. The van der Waals surface area contributed by atoms with E-state index in [2.05, 4.69) is 26.0 Å². The number of carbonyl (C=O) groups excluding carboxylic acids is 3. The molecule has 0 radical (unpaired) electrons. The van der Waals surface area contributed by atoms with Crippen molar-refractivity contribution in [2.24, 2.45) is 11.0 Å². The number of sulfone groups is 1. The van der Waals surface area contributed by atoms with E-state index < -0.39 is 102 Å². The molecule has 2 fully saturated rings. The minimum Gasteiger partial charge on any atom is -0.496 e. The van der Waals surface area contributed by atoms with E-state index in [4.69, 9.17) is 43.4 Å². The van der Waals surface area contributed by atoms with Gasteiger partial charge in [0.05, 0.1) is 49.6 Å². The number of rotatable bonds is 16. The fourth-order valence-electron chi connectivity index (χ4n) is 9.25. The van der Waals surface area contributed by atoms with E-state index in [1.54, 1.807) is 45.9 Å². The summed E-state index contributed by atoms with van der Waals surface area (Å²) in [5.74, 6) is -4.08. The van der Waals surface area contributed by atoms with E-state index in [0.717, 1.165) is 11.2 Å². The number of alkyl halides is 1. The van der Waals surface area contributed by atoms with Crippen molar-refractivity contribution in [3.8, 4) is 17.2 Å². The van der Waals surface area contributed by atoms with Crippen molar-refractivity contribution in [3.63, 3.8) is 0 Å². The van der Waals surface area contributed by atoms with Gasteiger partial charge in [-0.05, 0) is 63.3 Å². The number of carbonyl (C=O) groups is 3. The van der Waals surface area contributed by atoms with Crippen LogP contribution in [0.2, 0.25) is 0 Å². The van der Waals surface area contributed by atoms with Gasteiger partial charge in [0.1, 0.15) is 52.5 Å². The van der Waals surface area contributed by atoms with Gasteiger partial charge in [0.2, 0.25) is 5.79 Å². The van der Waals surface area contributed by atoms with Crippen molar-refractivity contribution in [3.05, 3.63) is 68.6 Å². The van der Waals surface area contributed by atoms with Crippen LogP contribution < -0.4 is 14.2 Å². The predicted octanol–water partition coefficient (Wildman–Crippen LogP) is 5.61. The molecule has 3 N–H and O–H groups in total. The molecular weight excluding hydrogens is 940 g/mol. The Balaban J connectivity index is 1.39. The number of ether oxygens (including phenoxy) is 8. The zero-order valence-electron chi connectivity index (χ0n) is 36.6. The molecule has 1 amide bonds. The molecular formula is C43H51BrN4O16S. The first-order valence-corrected chi connectivity index (χ1v) is 23.9. The van der Waals surface area contributed by atoms with Crippen molar-refractivity contribution in [2.75, 3.05) is 57.5 Å². The molecule has 352 valence electrons. The normalized spacial score (nSPS) is 24.2. The Bertz CT molecular complexity index is 2540. The van der Waals surface area contributed by atoms with Crippen molar-refractivity contribution in [2.45, 2.75) is 88.4 Å². The summed E-state index contributed by atoms with van der Waals surface area (Å²) in [7, 11) is -2.22. The highest BCUT2D eigenvalue weighted by molar-refractivity contribution is 9.09. The molecule has 0 saturated carbocycles. The molecule has 0 aromatic heterocycles. The van der Waals surface area contributed by atoms with Gasteiger partial charge in [-0.25, -0.2) is 18.0 Å². The highest BCUT2D eigenvalue weighted by Gasteiger charge is 2.86. The summed E-state index contributed by atoms with van der Waals surface area (Å²) in [5, 5.41) is 37.2. The molecule has 3 unspecified atom stereocenters. The van der Waals surface area contributed by atoms with Crippen molar-refractivity contribution in [1.29, 1.82) is 0 Å². The van der Waals surface area contributed by atoms with Gasteiger partial charge in [-0.2, -0.15) is 0 Å². The predicted molar refractivity (Wildman–Crippen MR) is 233 cm³/mol. The van der Waals surface area contributed by atoms with Crippen LogP contribution in [-0.4, -0.2) is 133 Å². The first-order chi connectivity index (χ1) is 30.8. The maximum Gasteiger partial charge on any atom is 0.514 e. The average molecular weight is 992 g/mol. The number of methoxy groups -OCH3 is 1. The molecule has 7 rings (SSSR count). The fourth-order valence-corrected chi connectivity index (χ4v) is 10.8. The molecule has 3 aromatic carbocycles. The number of hydrogen-bond donors (Lipinski definition) is 3. The highest BCUT2D eigenvalue weighted by atomic mass is 79.9. The standard InChI is InChI=1S/C43H51BrN4O16S/c1-23-16-28-32(34(60-39(54)64-40(2,3)4)31-27(33(28)57-5)8-7-9-29(31)52)35-30(23)36-37-41(21-51,61-35)42(20-44,43(62-36,63-37)25(17-49)18-50)59-22-48(14-15-65(6,55)56)38(53)58-19-24-10-12-26(13-11-24)46-47-45/h10-13,16,25,36-37,49-51H,7-9,14-15,17-22H2,1-6H3/t36?,37?,41-,42+,43?/m1/s1. The number of azide groups is 1. The Labute approximate surface area is 382 Å².